The summed E-state index contributed by atoms with van der Waals surface area (Å²) in [5.74, 6) is 1.02. The summed E-state index contributed by atoms with van der Waals surface area (Å²) in [6, 6.07) is 15.7. The molecule has 2 aromatic rings. The van der Waals surface area contributed by atoms with E-state index in [1.165, 1.54) is 5.56 Å². The second kappa shape index (κ2) is 10.6. The molecule has 0 spiro atoms. The van der Waals surface area contributed by atoms with Gasteiger partial charge < -0.3 is 19.7 Å². The molecule has 2 aliphatic rings. The van der Waals surface area contributed by atoms with Crippen molar-refractivity contribution in [2.75, 3.05) is 26.9 Å². The fourth-order valence-corrected chi connectivity index (χ4v) is 5.13. The van der Waals surface area contributed by atoms with E-state index >= 15 is 0 Å². The van der Waals surface area contributed by atoms with Crippen molar-refractivity contribution < 1.29 is 19.1 Å². The Bertz CT molecular complexity index is 996. The molecule has 0 radical (unpaired) electrons. The maximum Gasteiger partial charge on any atom is 0.243 e. The van der Waals surface area contributed by atoms with Crippen molar-refractivity contribution in [3.63, 3.8) is 0 Å². The zero-order valence-electron chi connectivity index (χ0n) is 20.5. The molecular weight excluding hydrogens is 428 g/mol. The summed E-state index contributed by atoms with van der Waals surface area (Å²) >= 11 is 0. The van der Waals surface area contributed by atoms with Gasteiger partial charge in [0, 0.05) is 44.6 Å². The third kappa shape index (κ3) is 5.27. The van der Waals surface area contributed by atoms with E-state index in [9.17, 15) is 9.59 Å². The van der Waals surface area contributed by atoms with E-state index in [1.807, 2.05) is 38.1 Å². The van der Waals surface area contributed by atoms with Gasteiger partial charge in [0.1, 0.15) is 11.8 Å². The summed E-state index contributed by atoms with van der Waals surface area (Å²) in [4.78, 5) is 28.4. The summed E-state index contributed by atoms with van der Waals surface area (Å²) in [6.45, 7) is 6.40. The van der Waals surface area contributed by atoms with Gasteiger partial charge in [0.2, 0.25) is 11.8 Å². The van der Waals surface area contributed by atoms with Crippen LogP contribution in [0.4, 0.5) is 0 Å². The largest absolute Gasteiger partial charge is 0.497 e. The van der Waals surface area contributed by atoms with E-state index in [2.05, 4.69) is 29.6 Å². The maximum absolute atomic E-state index is 13.6. The molecular formula is C28H36N2O4. The van der Waals surface area contributed by atoms with Gasteiger partial charge in [-0.3, -0.25) is 9.59 Å². The predicted octanol–water partition coefficient (Wildman–Crippen LogP) is 3.86. The molecule has 1 saturated heterocycles. The quantitative estimate of drug-likeness (QED) is 0.676. The second-order valence-corrected chi connectivity index (χ2v) is 9.95. The van der Waals surface area contributed by atoms with Crippen LogP contribution in [-0.4, -0.2) is 49.6 Å². The highest BCUT2D eigenvalue weighted by atomic mass is 16.5. The molecule has 2 amide bonds. The SMILES string of the molecule is COc1ccc(C2(CNC(=O)C3Cc4ccccc4CN3C(=O)CC(C)C)CCOCC2)cc1. The molecule has 6 nitrogen and oxygen atoms in total. The lowest BCUT2D eigenvalue weighted by Gasteiger charge is -2.40. The average Bonchev–Trinajstić information content (AvgIpc) is 2.86. The van der Waals surface area contributed by atoms with E-state index in [1.54, 1.807) is 12.0 Å². The Morgan fingerprint density at radius 3 is 2.41 bits per heavy atom. The minimum atomic E-state index is -0.492. The number of carbonyl (C=O) groups excluding carboxylic acids is 2. The summed E-state index contributed by atoms with van der Waals surface area (Å²) in [5.41, 5.74) is 3.26. The molecule has 34 heavy (non-hydrogen) atoms. The Balaban J connectivity index is 1.54. The third-order valence-electron chi connectivity index (χ3n) is 7.21. The molecule has 2 heterocycles. The van der Waals surface area contributed by atoms with Gasteiger partial charge in [0.05, 0.1) is 7.11 Å². The molecule has 2 aliphatic heterocycles. The lowest BCUT2D eigenvalue weighted by atomic mass is 9.74. The standard InChI is InChI=1S/C28H36N2O4/c1-20(2)16-26(31)30-18-22-7-5-4-6-21(22)17-25(30)27(32)29-19-28(12-14-34-15-13-28)23-8-10-24(33-3)11-9-23/h4-11,20,25H,12-19H2,1-3H3,(H,29,32). The van der Waals surface area contributed by atoms with E-state index in [0.717, 1.165) is 29.7 Å². The number of benzene rings is 2. The molecule has 1 fully saturated rings. The van der Waals surface area contributed by atoms with Crippen LogP contribution < -0.4 is 10.1 Å². The number of fused-ring (bicyclic) bond motifs is 1. The van der Waals surface area contributed by atoms with Crippen LogP contribution in [0.2, 0.25) is 0 Å². The topological polar surface area (TPSA) is 67.9 Å². The van der Waals surface area contributed by atoms with Gasteiger partial charge in [-0.05, 0) is 47.6 Å². The van der Waals surface area contributed by atoms with Gasteiger partial charge in [-0.1, -0.05) is 50.2 Å². The molecule has 4 rings (SSSR count). The Labute approximate surface area is 202 Å². The van der Waals surface area contributed by atoms with Crippen molar-refractivity contribution >= 4 is 11.8 Å². The Kier molecular flexibility index (Phi) is 7.57. The summed E-state index contributed by atoms with van der Waals surface area (Å²) in [5, 5.41) is 3.24. The predicted molar refractivity (Wildman–Crippen MR) is 132 cm³/mol. The number of amides is 2. The molecule has 0 bridgehead atoms. The maximum atomic E-state index is 13.6. The lowest BCUT2D eigenvalue weighted by Crippen LogP contribution is -2.55. The van der Waals surface area contributed by atoms with Crippen molar-refractivity contribution in [3.8, 4) is 5.75 Å². The number of nitrogens with zero attached hydrogens (tertiary/aromatic N) is 1. The fraction of sp³-hybridized carbons (Fsp3) is 0.500. The van der Waals surface area contributed by atoms with Gasteiger partial charge in [0.15, 0.2) is 0 Å². The van der Waals surface area contributed by atoms with Gasteiger partial charge in [0.25, 0.3) is 0 Å². The first-order chi connectivity index (χ1) is 16.4. The molecule has 182 valence electrons. The molecule has 1 N–H and O–H groups in total. The third-order valence-corrected chi connectivity index (χ3v) is 7.21. The van der Waals surface area contributed by atoms with Crippen molar-refractivity contribution in [2.45, 2.75) is 57.5 Å². The molecule has 0 saturated carbocycles. The number of rotatable bonds is 7. The van der Waals surface area contributed by atoms with Crippen LogP contribution in [0.3, 0.4) is 0 Å². The highest BCUT2D eigenvalue weighted by Crippen LogP contribution is 2.35. The van der Waals surface area contributed by atoms with Gasteiger partial charge in [-0.2, -0.15) is 0 Å². The van der Waals surface area contributed by atoms with Crippen LogP contribution in [0.15, 0.2) is 48.5 Å². The first kappa shape index (κ1) is 24.3. The summed E-state index contributed by atoms with van der Waals surface area (Å²) in [6.07, 6.45) is 2.66. The number of methoxy groups -OCH3 is 1. The Morgan fingerprint density at radius 2 is 1.76 bits per heavy atom. The summed E-state index contributed by atoms with van der Waals surface area (Å²) < 4.78 is 11.0. The van der Waals surface area contributed by atoms with Crippen LogP contribution in [0.1, 0.15) is 49.8 Å². The van der Waals surface area contributed by atoms with Gasteiger partial charge in [-0.15, -0.1) is 0 Å². The molecule has 1 atom stereocenters. The first-order valence-electron chi connectivity index (χ1n) is 12.3. The normalized spacial score (nSPS) is 19.4. The highest BCUT2D eigenvalue weighted by Gasteiger charge is 2.38. The van der Waals surface area contributed by atoms with Crippen LogP contribution in [0.25, 0.3) is 0 Å². The molecule has 1 unspecified atom stereocenters. The zero-order valence-corrected chi connectivity index (χ0v) is 20.5. The number of ether oxygens (including phenoxy) is 2. The van der Waals surface area contributed by atoms with E-state index in [4.69, 9.17) is 9.47 Å². The fourth-order valence-electron chi connectivity index (χ4n) is 5.13. The number of hydrogen-bond acceptors (Lipinski definition) is 4. The second-order valence-electron chi connectivity index (χ2n) is 9.95. The van der Waals surface area contributed by atoms with Crippen LogP contribution in [0, 0.1) is 5.92 Å². The number of hydrogen-bond donors (Lipinski definition) is 1. The minimum Gasteiger partial charge on any atom is -0.497 e. The molecule has 2 aromatic carbocycles. The highest BCUT2D eigenvalue weighted by molar-refractivity contribution is 5.88. The van der Waals surface area contributed by atoms with Crippen molar-refractivity contribution in [3.05, 3.63) is 65.2 Å². The first-order valence-corrected chi connectivity index (χ1v) is 12.3. The van der Waals surface area contributed by atoms with E-state index in [0.29, 0.717) is 39.1 Å². The zero-order chi connectivity index (χ0) is 24.1. The van der Waals surface area contributed by atoms with Crippen molar-refractivity contribution in [1.82, 2.24) is 10.2 Å². The minimum absolute atomic E-state index is 0.0422. The van der Waals surface area contributed by atoms with Crippen LogP contribution >= 0.6 is 0 Å². The van der Waals surface area contributed by atoms with E-state index < -0.39 is 6.04 Å². The Hall–Kier alpha value is -2.86. The van der Waals surface area contributed by atoms with Crippen LogP contribution in [-0.2, 0) is 32.7 Å². The Morgan fingerprint density at radius 1 is 1.09 bits per heavy atom. The average molecular weight is 465 g/mol. The van der Waals surface area contributed by atoms with Crippen LogP contribution in [0.5, 0.6) is 5.75 Å². The summed E-state index contributed by atoms with van der Waals surface area (Å²) in [7, 11) is 1.66. The smallest absolute Gasteiger partial charge is 0.243 e. The van der Waals surface area contributed by atoms with Gasteiger partial charge in [-0.25, -0.2) is 0 Å². The number of carbonyl (C=O) groups is 2. The number of nitrogens with one attached hydrogen (secondary N) is 1. The monoisotopic (exact) mass is 464 g/mol. The van der Waals surface area contributed by atoms with Gasteiger partial charge >= 0.3 is 0 Å². The van der Waals surface area contributed by atoms with Crippen molar-refractivity contribution in [2.24, 2.45) is 5.92 Å². The van der Waals surface area contributed by atoms with E-state index in [-0.39, 0.29) is 23.1 Å². The molecule has 0 aromatic heterocycles. The van der Waals surface area contributed by atoms with Crippen molar-refractivity contribution in [1.29, 1.82) is 0 Å². The molecule has 6 heteroatoms. The lowest BCUT2D eigenvalue weighted by molar-refractivity contribution is -0.142. The molecule has 0 aliphatic carbocycles.